The van der Waals surface area contributed by atoms with E-state index in [9.17, 15) is 8.42 Å². The number of hydrogen-bond acceptors (Lipinski definition) is 7. The van der Waals surface area contributed by atoms with Crippen LogP contribution >= 0.6 is 11.3 Å². The van der Waals surface area contributed by atoms with Gasteiger partial charge in [-0.2, -0.15) is 0 Å². The fourth-order valence-electron chi connectivity index (χ4n) is 2.94. The van der Waals surface area contributed by atoms with Gasteiger partial charge in [-0.25, -0.2) is 18.1 Å². The van der Waals surface area contributed by atoms with Crippen LogP contribution in [0.25, 0.3) is 0 Å². The first kappa shape index (κ1) is 17.5. The first-order valence-electron chi connectivity index (χ1n) is 8.04. The Kier molecular flexibility index (Phi) is 5.33. The van der Waals surface area contributed by atoms with E-state index < -0.39 is 10.0 Å². The number of nitrogens with one attached hydrogen (secondary N) is 1. The monoisotopic (exact) mass is 370 g/mol. The van der Waals surface area contributed by atoms with Crippen molar-refractivity contribution in [2.24, 2.45) is 0 Å². The summed E-state index contributed by atoms with van der Waals surface area (Å²) in [6, 6.07) is 0. The number of aromatic nitrogens is 2. The zero-order chi connectivity index (χ0) is 17.2. The molecule has 1 aliphatic heterocycles. The highest BCUT2D eigenvalue weighted by Gasteiger charge is 2.24. The van der Waals surface area contributed by atoms with E-state index in [2.05, 4.69) is 19.8 Å². The van der Waals surface area contributed by atoms with E-state index in [0.717, 1.165) is 30.3 Å². The van der Waals surface area contributed by atoms with Gasteiger partial charge in [0.1, 0.15) is 15.6 Å². The van der Waals surface area contributed by atoms with Gasteiger partial charge >= 0.3 is 0 Å². The summed E-state index contributed by atoms with van der Waals surface area (Å²) in [5, 5.41) is 6.46. The lowest BCUT2D eigenvalue weighted by molar-refractivity contribution is 0.219. The molecule has 24 heavy (non-hydrogen) atoms. The average molecular weight is 371 g/mol. The summed E-state index contributed by atoms with van der Waals surface area (Å²) < 4.78 is 32.3. The number of rotatable bonds is 6. The zero-order valence-electron chi connectivity index (χ0n) is 13.9. The summed E-state index contributed by atoms with van der Waals surface area (Å²) in [5.41, 5.74) is 1.37. The Morgan fingerprint density at radius 3 is 2.71 bits per heavy atom. The first-order chi connectivity index (χ1) is 11.5. The number of sulfonamides is 1. The molecular formula is C15H22N4O3S2. The molecule has 0 bridgehead atoms. The van der Waals surface area contributed by atoms with Crippen molar-refractivity contribution in [2.45, 2.75) is 51.1 Å². The second-order valence-electron chi connectivity index (χ2n) is 6.05. The summed E-state index contributed by atoms with van der Waals surface area (Å²) in [7, 11) is -3.64. The van der Waals surface area contributed by atoms with Gasteiger partial charge in [-0.3, -0.25) is 4.90 Å². The molecule has 0 amide bonds. The van der Waals surface area contributed by atoms with E-state index in [-0.39, 0.29) is 11.4 Å². The number of nitrogens with zero attached hydrogens (tertiary/aromatic N) is 3. The summed E-state index contributed by atoms with van der Waals surface area (Å²) in [6.07, 6.45) is 3.80. The fraction of sp³-hybridized carbons (Fsp3) is 0.600. The van der Waals surface area contributed by atoms with Gasteiger partial charge in [-0.1, -0.05) is 11.6 Å². The number of aryl methyl sites for hydroxylation is 2. The summed E-state index contributed by atoms with van der Waals surface area (Å²) in [6.45, 7) is 6.46. The molecule has 3 heterocycles. The molecule has 1 N–H and O–H groups in total. The highest BCUT2D eigenvalue weighted by atomic mass is 32.2. The molecule has 0 unspecified atom stereocenters. The predicted octanol–water partition coefficient (Wildman–Crippen LogP) is 2.21. The minimum atomic E-state index is -3.64. The SMILES string of the molecule is Cc1noc(C)c1S(=O)(=O)NCc1nc(CN2CCCCC2)cs1. The lowest BCUT2D eigenvalue weighted by Gasteiger charge is -2.25. The Labute approximate surface area is 146 Å². The van der Waals surface area contributed by atoms with Crippen LogP contribution in [-0.2, 0) is 23.1 Å². The van der Waals surface area contributed by atoms with E-state index >= 15 is 0 Å². The molecule has 0 atom stereocenters. The van der Waals surface area contributed by atoms with Crippen molar-refractivity contribution in [3.8, 4) is 0 Å². The van der Waals surface area contributed by atoms with Crippen molar-refractivity contribution < 1.29 is 12.9 Å². The smallest absolute Gasteiger partial charge is 0.246 e. The molecule has 0 aromatic carbocycles. The van der Waals surface area contributed by atoms with Crippen molar-refractivity contribution >= 4 is 21.4 Å². The quantitative estimate of drug-likeness (QED) is 0.839. The molecule has 1 saturated heterocycles. The van der Waals surface area contributed by atoms with Gasteiger partial charge in [0.2, 0.25) is 10.0 Å². The highest BCUT2D eigenvalue weighted by molar-refractivity contribution is 7.89. The van der Waals surface area contributed by atoms with Crippen molar-refractivity contribution in [2.75, 3.05) is 13.1 Å². The van der Waals surface area contributed by atoms with Crippen LogP contribution in [0.2, 0.25) is 0 Å². The van der Waals surface area contributed by atoms with Crippen LogP contribution in [0.15, 0.2) is 14.8 Å². The topological polar surface area (TPSA) is 88.3 Å². The highest BCUT2D eigenvalue weighted by Crippen LogP contribution is 2.20. The third-order valence-electron chi connectivity index (χ3n) is 4.08. The first-order valence-corrected chi connectivity index (χ1v) is 10.4. The molecule has 7 nitrogen and oxygen atoms in total. The molecule has 3 rings (SSSR count). The molecular weight excluding hydrogens is 348 g/mol. The van der Waals surface area contributed by atoms with Crippen molar-refractivity contribution in [1.29, 1.82) is 0 Å². The molecule has 9 heteroatoms. The third kappa shape index (κ3) is 4.02. The third-order valence-corrected chi connectivity index (χ3v) is 6.63. The Hall–Kier alpha value is -1.29. The maximum Gasteiger partial charge on any atom is 0.246 e. The molecule has 2 aromatic heterocycles. The fourth-order valence-corrected chi connectivity index (χ4v) is 5.07. The number of likely N-dealkylation sites (tertiary alicyclic amines) is 1. The Morgan fingerprint density at radius 2 is 2.04 bits per heavy atom. The van der Waals surface area contributed by atoms with Crippen LogP contribution in [0.4, 0.5) is 0 Å². The molecule has 0 saturated carbocycles. The van der Waals surface area contributed by atoms with E-state index in [1.165, 1.54) is 30.6 Å². The predicted molar refractivity (Wildman–Crippen MR) is 91.2 cm³/mol. The minimum Gasteiger partial charge on any atom is -0.360 e. The molecule has 132 valence electrons. The molecule has 1 aliphatic rings. The minimum absolute atomic E-state index is 0.118. The van der Waals surface area contributed by atoms with Crippen LogP contribution in [-0.4, -0.2) is 36.5 Å². The van der Waals surface area contributed by atoms with Crippen LogP contribution in [0.5, 0.6) is 0 Å². The summed E-state index contributed by atoms with van der Waals surface area (Å²) >= 11 is 1.48. The lowest BCUT2D eigenvalue weighted by atomic mass is 10.1. The van der Waals surface area contributed by atoms with Gasteiger partial charge in [0.15, 0.2) is 5.76 Å². The van der Waals surface area contributed by atoms with E-state index in [4.69, 9.17) is 4.52 Å². The zero-order valence-corrected chi connectivity index (χ0v) is 15.5. The van der Waals surface area contributed by atoms with Crippen LogP contribution in [0.3, 0.4) is 0 Å². The molecule has 0 radical (unpaired) electrons. The number of thiazole rings is 1. The Bertz CT molecular complexity index is 772. The molecule has 0 aliphatic carbocycles. The Balaban J connectivity index is 1.61. The lowest BCUT2D eigenvalue weighted by Crippen LogP contribution is -2.29. The van der Waals surface area contributed by atoms with Gasteiger partial charge in [0, 0.05) is 11.9 Å². The normalized spacial score (nSPS) is 16.6. The maximum atomic E-state index is 12.4. The average Bonchev–Trinajstić information content (AvgIpc) is 3.13. The van der Waals surface area contributed by atoms with Gasteiger partial charge in [0.05, 0.1) is 12.2 Å². The van der Waals surface area contributed by atoms with Crippen LogP contribution in [0, 0.1) is 13.8 Å². The van der Waals surface area contributed by atoms with Crippen molar-refractivity contribution in [1.82, 2.24) is 19.8 Å². The second kappa shape index (κ2) is 7.30. The van der Waals surface area contributed by atoms with Gasteiger partial charge in [0.25, 0.3) is 0 Å². The Morgan fingerprint density at radius 1 is 1.29 bits per heavy atom. The maximum absolute atomic E-state index is 12.4. The van der Waals surface area contributed by atoms with Gasteiger partial charge in [-0.05, 0) is 39.8 Å². The van der Waals surface area contributed by atoms with E-state index in [1.807, 2.05) is 5.38 Å². The molecule has 1 fully saturated rings. The second-order valence-corrected chi connectivity index (χ2v) is 8.69. The van der Waals surface area contributed by atoms with Crippen LogP contribution < -0.4 is 4.72 Å². The molecule has 2 aromatic rings. The largest absolute Gasteiger partial charge is 0.360 e. The summed E-state index contributed by atoms with van der Waals surface area (Å²) in [5.74, 6) is 0.296. The van der Waals surface area contributed by atoms with Crippen LogP contribution in [0.1, 0.15) is 41.4 Å². The number of hydrogen-bond donors (Lipinski definition) is 1. The molecule has 0 spiro atoms. The van der Waals surface area contributed by atoms with Gasteiger partial charge in [-0.15, -0.1) is 11.3 Å². The van der Waals surface area contributed by atoms with Crippen molar-refractivity contribution in [3.63, 3.8) is 0 Å². The van der Waals surface area contributed by atoms with E-state index in [0.29, 0.717) is 11.5 Å². The standard InChI is InChI=1S/C15H22N4O3S2/c1-11-15(12(2)22-18-11)24(20,21)16-8-14-17-13(10-23-14)9-19-6-4-3-5-7-19/h10,16H,3-9H2,1-2H3. The summed E-state index contributed by atoms with van der Waals surface area (Å²) in [4.78, 5) is 7.06. The van der Waals surface area contributed by atoms with Gasteiger partial charge < -0.3 is 4.52 Å². The van der Waals surface area contributed by atoms with Crippen molar-refractivity contribution in [3.05, 3.63) is 27.5 Å². The number of piperidine rings is 1. The van der Waals surface area contributed by atoms with E-state index in [1.54, 1.807) is 13.8 Å².